The molecule has 0 spiro atoms. The van der Waals surface area contributed by atoms with Crippen molar-refractivity contribution >= 4 is 98.7 Å². The van der Waals surface area contributed by atoms with Gasteiger partial charge in [-0.15, -0.1) is 0 Å². The second-order valence-electron chi connectivity index (χ2n) is 17.4. The molecule has 0 saturated heterocycles. The van der Waals surface area contributed by atoms with Crippen molar-refractivity contribution in [1.82, 2.24) is 14.0 Å². The molecule has 13 aromatic rings. The van der Waals surface area contributed by atoms with Gasteiger partial charge < -0.3 is 9.38 Å². The average molecular weight is 817 g/mol. The summed E-state index contributed by atoms with van der Waals surface area (Å²) >= 11 is 0. The zero-order valence-electron chi connectivity index (χ0n) is 35.2. The number of nitrogens with one attached hydrogen (secondary N) is 1. The third kappa shape index (κ3) is 4.96. The fourth-order valence-electron chi connectivity index (χ4n) is 11.0. The van der Waals surface area contributed by atoms with Crippen molar-refractivity contribution in [2.24, 2.45) is 10.9 Å². The van der Waals surface area contributed by atoms with Crippen LogP contribution in [-0.2, 0) is 0 Å². The van der Waals surface area contributed by atoms with E-state index in [1.54, 1.807) is 0 Å². The first-order valence-corrected chi connectivity index (χ1v) is 22.4. The highest BCUT2D eigenvalue weighted by Gasteiger charge is 2.30. The number of allylic oxidation sites excluding steroid dienone is 1. The number of aromatic amines is 1. The molecule has 4 heteroatoms. The van der Waals surface area contributed by atoms with Crippen LogP contribution in [-0.4, -0.2) is 19.8 Å². The number of rotatable bonds is 4. The molecule has 1 aliphatic heterocycles. The smallest absolute Gasteiger partial charge is 0.121 e. The van der Waals surface area contributed by atoms with Crippen molar-refractivity contribution in [1.29, 1.82) is 0 Å². The highest BCUT2D eigenvalue weighted by molar-refractivity contribution is 6.37. The number of hydrogen-bond donors (Lipinski definition) is 1. The van der Waals surface area contributed by atoms with E-state index >= 15 is 0 Å². The van der Waals surface area contributed by atoms with Crippen LogP contribution in [0.1, 0.15) is 24.6 Å². The molecular formula is C60H40N4. The molecule has 1 atom stereocenters. The Balaban J connectivity index is 1.13. The van der Waals surface area contributed by atoms with E-state index in [0.717, 1.165) is 40.1 Å². The van der Waals surface area contributed by atoms with Gasteiger partial charge in [0.05, 0.1) is 39.0 Å². The minimum absolute atomic E-state index is 0.0000309. The molecule has 1 unspecified atom stereocenters. The molecule has 9 aromatic carbocycles. The monoisotopic (exact) mass is 816 g/mol. The molecule has 0 bridgehead atoms. The summed E-state index contributed by atoms with van der Waals surface area (Å²) in [4.78, 5) is 9.79. The Kier molecular flexibility index (Phi) is 7.41. The summed E-state index contributed by atoms with van der Waals surface area (Å²) in [6.07, 6.45) is 3.37. The first kappa shape index (κ1) is 35.4. The van der Waals surface area contributed by atoms with Crippen molar-refractivity contribution in [2.75, 3.05) is 0 Å². The van der Waals surface area contributed by atoms with Crippen LogP contribution < -0.4 is 0 Å². The third-order valence-electron chi connectivity index (χ3n) is 14.0. The lowest BCUT2D eigenvalue weighted by Crippen LogP contribution is -2.20. The second kappa shape index (κ2) is 13.4. The van der Waals surface area contributed by atoms with Gasteiger partial charge in [0.15, 0.2) is 0 Å². The fraction of sp³-hybridized carbons (Fsp3) is 0.0500. The normalized spacial score (nSPS) is 14.4. The van der Waals surface area contributed by atoms with Gasteiger partial charge in [-0.25, -0.2) is 4.99 Å². The van der Waals surface area contributed by atoms with E-state index in [4.69, 9.17) is 4.99 Å². The Labute approximate surface area is 369 Å². The van der Waals surface area contributed by atoms with Crippen LogP contribution >= 0.6 is 0 Å². The summed E-state index contributed by atoms with van der Waals surface area (Å²) in [6.45, 7) is 2.31. The number of nitrogens with zero attached hydrogens (tertiary/aromatic N) is 3. The van der Waals surface area contributed by atoms with Gasteiger partial charge in [0, 0.05) is 54.7 Å². The molecule has 14 rings (SSSR count). The van der Waals surface area contributed by atoms with Crippen molar-refractivity contribution < 1.29 is 0 Å². The van der Waals surface area contributed by atoms with Gasteiger partial charge in [-0.3, -0.25) is 4.57 Å². The van der Waals surface area contributed by atoms with Crippen LogP contribution in [0, 0.1) is 5.92 Å². The SMILES string of the molecule is CCC1C=C(c2ccc3ccccc3c2)c2[nH]c3ccccc3c2N=C1n1c2ccc(-c3ccccc3)cc2c2c3c4ccccc4n4c5cc(-c6ccccc6)ccc5c(cc21)c34. The molecule has 1 aliphatic rings. The topological polar surface area (TPSA) is 37.5 Å². The fourth-order valence-corrected chi connectivity index (χ4v) is 11.0. The Morgan fingerprint density at radius 3 is 1.97 bits per heavy atom. The van der Waals surface area contributed by atoms with Gasteiger partial charge in [-0.05, 0) is 87.5 Å². The van der Waals surface area contributed by atoms with Crippen LogP contribution in [0.15, 0.2) is 205 Å². The van der Waals surface area contributed by atoms with E-state index in [1.807, 2.05) is 0 Å². The number of para-hydroxylation sites is 2. The van der Waals surface area contributed by atoms with Crippen molar-refractivity contribution in [2.45, 2.75) is 13.3 Å². The van der Waals surface area contributed by atoms with Gasteiger partial charge in [-0.1, -0.05) is 165 Å². The largest absolute Gasteiger partial charge is 0.353 e. The molecule has 1 N–H and O–H groups in total. The minimum Gasteiger partial charge on any atom is -0.353 e. The molecule has 0 amide bonds. The van der Waals surface area contributed by atoms with E-state index in [1.165, 1.54) is 98.5 Å². The molecule has 0 saturated carbocycles. The summed E-state index contributed by atoms with van der Waals surface area (Å²) < 4.78 is 5.05. The zero-order chi connectivity index (χ0) is 42.0. The molecular weight excluding hydrogens is 777 g/mol. The summed E-state index contributed by atoms with van der Waals surface area (Å²) in [6, 6.07) is 71.3. The van der Waals surface area contributed by atoms with Crippen LogP contribution in [0.25, 0.3) is 109 Å². The number of hydrogen-bond acceptors (Lipinski definition) is 1. The van der Waals surface area contributed by atoms with Gasteiger partial charge >= 0.3 is 0 Å². The van der Waals surface area contributed by atoms with Gasteiger partial charge in [0.25, 0.3) is 0 Å². The van der Waals surface area contributed by atoms with E-state index in [2.05, 4.69) is 221 Å². The Morgan fingerprint density at radius 1 is 0.469 bits per heavy atom. The van der Waals surface area contributed by atoms with Crippen LogP contribution in [0.2, 0.25) is 0 Å². The highest BCUT2D eigenvalue weighted by Crippen LogP contribution is 2.49. The highest BCUT2D eigenvalue weighted by atomic mass is 15.1. The zero-order valence-corrected chi connectivity index (χ0v) is 35.2. The van der Waals surface area contributed by atoms with Crippen molar-refractivity contribution in [3.8, 4) is 22.3 Å². The molecule has 4 nitrogen and oxygen atoms in total. The average Bonchev–Trinajstić information content (AvgIpc) is 4.06. The van der Waals surface area contributed by atoms with E-state index in [-0.39, 0.29) is 5.92 Å². The predicted molar refractivity (Wildman–Crippen MR) is 271 cm³/mol. The molecule has 0 fully saturated rings. The van der Waals surface area contributed by atoms with Gasteiger partial charge in [-0.2, -0.15) is 0 Å². The molecule has 5 heterocycles. The maximum Gasteiger partial charge on any atom is 0.121 e. The van der Waals surface area contributed by atoms with Crippen molar-refractivity contribution in [3.63, 3.8) is 0 Å². The summed E-state index contributed by atoms with van der Waals surface area (Å²) in [7, 11) is 0. The first-order chi connectivity index (χ1) is 31.7. The summed E-state index contributed by atoms with van der Waals surface area (Å²) in [5.41, 5.74) is 16.4. The molecule has 64 heavy (non-hydrogen) atoms. The number of H-pyrrole nitrogens is 1. The predicted octanol–water partition coefficient (Wildman–Crippen LogP) is 16.0. The number of aliphatic imine (C=N–C) groups is 1. The second-order valence-corrected chi connectivity index (χ2v) is 17.4. The van der Waals surface area contributed by atoms with Gasteiger partial charge in [0.2, 0.25) is 0 Å². The van der Waals surface area contributed by atoms with E-state index in [0.29, 0.717) is 0 Å². The molecule has 0 radical (unpaired) electrons. The number of benzene rings is 9. The lowest BCUT2D eigenvalue weighted by Gasteiger charge is -2.18. The first-order valence-electron chi connectivity index (χ1n) is 22.4. The minimum atomic E-state index is -0.0000309. The maximum atomic E-state index is 5.92. The van der Waals surface area contributed by atoms with E-state index in [9.17, 15) is 0 Å². The Morgan fingerprint density at radius 2 is 1.16 bits per heavy atom. The van der Waals surface area contributed by atoms with Crippen LogP contribution in [0.4, 0.5) is 5.69 Å². The van der Waals surface area contributed by atoms with Gasteiger partial charge in [0.1, 0.15) is 5.84 Å². The van der Waals surface area contributed by atoms with Crippen LogP contribution in [0.5, 0.6) is 0 Å². The Hall–Kier alpha value is -8.21. The van der Waals surface area contributed by atoms with Crippen LogP contribution in [0.3, 0.4) is 0 Å². The molecule has 300 valence electrons. The van der Waals surface area contributed by atoms with E-state index < -0.39 is 0 Å². The molecule has 0 aliphatic carbocycles. The Bertz CT molecular complexity index is 4100. The lowest BCUT2D eigenvalue weighted by atomic mass is 9.94. The standard InChI is InChI=1S/C60H40N4/c1-2-36-32-47(43-26-25-39-19-9-10-20-40(39)31-43)58-57(45-21-11-13-23-50(45)61-58)62-60(36)64-52-30-28-41(37-15-5-3-6-16-37)33-49(52)55-54(64)35-48-44-29-27-42(38-17-7-4-8-18-38)34-53(44)63-51-24-14-12-22-46(51)56(55)59(48)63/h3-36,61H,2H2,1H3. The quantitative estimate of drug-likeness (QED) is 0.184. The maximum absolute atomic E-state index is 5.92. The number of aromatic nitrogens is 3. The summed E-state index contributed by atoms with van der Waals surface area (Å²) in [5, 5.41) is 11.1. The summed E-state index contributed by atoms with van der Waals surface area (Å²) in [5.74, 6) is 1.03. The lowest BCUT2D eigenvalue weighted by molar-refractivity contribution is 0.795. The third-order valence-corrected chi connectivity index (χ3v) is 14.0. The number of fused-ring (bicyclic) bond motifs is 14. The molecule has 4 aromatic heterocycles. The van der Waals surface area contributed by atoms with Crippen molar-refractivity contribution in [3.05, 3.63) is 211 Å².